The van der Waals surface area contributed by atoms with Crippen molar-refractivity contribution in [1.82, 2.24) is 4.98 Å². The first-order valence-electron chi connectivity index (χ1n) is 5.34. The maximum atomic E-state index is 12.1. The Hall–Kier alpha value is -2.56. The molecular weight excluding hydrogens is 232 g/mol. The molecule has 5 heteroatoms. The number of carbonyl (C=O) groups excluding carboxylic acids is 1. The van der Waals surface area contributed by atoms with Crippen LogP contribution in [-0.2, 0) is 0 Å². The molecule has 0 aliphatic heterocycles. The van der Waals surface area contributed by atoms with Crippen molar-refractivity contribution in [3.8, 4) is 0 Å². The summed E-state index contributed by atoms with van der Waals surface area (Å²) in [4.78, 5) is 27.2. The minimum Gasteiger partial charge on any atom is -0.478 e. The highest BCUT2D eigenvalue weighted by Crippen LogP contribution is 2.14. The van der Waals surface area contributed by atoms with Gasteiger partial charge in [-0.25, -0.2) is 4.79 Å². The molecule has 0 spiro atoms. The summed E-state index contributed by atoms with van der Waals surface area (Å²) in [5, 5.41) is 8.77. The Kier molecular flexibility index (Phi) is 3.14. The van der Waals surface area contributed by atoms with Gasteiger partial charge in [0, 0.05) is 25.0 Å². The summed E-state index contributed by atoms with van der Waals surface area (Å²) in [6, 6.07) is 7.63. The number of amides is 1. The number of carboxylic acid groups (broad SMARTS) is 1. The van der Waals surface area contributed by atoms with E-state index in [0.29, 0.717) is 5.56 Å². The number of nitrogens with zero attached hydrogens (tertiary/aromatic N) is 1. The zero-order chi connectivity index (χ0) is 13.1. The van der Waals surface area contributed by atoms with Crippen molar-refractivity contribution in [3.63, 3.8) is 0 Å². The predicted octanol–water partition coefficient (Wildman–Crippen LogP) is 1.99. The maximum absolute atomic E-state index is 12.1. The van der Waals surface area contributed by atoms with Gasteiger partial charge in [0.15, 0.2) is 0 Å². The third-order valence-corrected chi connectivity index (χ3v) is 2.65. The van der Waals surface area contributed by atoms with Crippen LogP contribution in [0.2, 0.25) is 0 Å². The van der Waals surface area contributed by atoms with Gasteiger partial charge in [0.05, 0.1) is 11.3 Å². The first kappa shape index (κ1) is 11.9. The smallest absolute Gasteiger partial charge is 0.335 e. The minimum absolute atomic E-state index is 0.163. The van der Waals surface area contributed by atoms with Crippen LogP contribution in [0.25, 0.3) is 0 Å². The van der Waals surface area contributed by atoms with Crippen LogP contribution < -0.4 is 4.90 Å². The van der Waals surface area contributed by atoms with Crippen LogP contribution in [0.1, 0.15) is 20.7 Å². The quantitative estimate of drug-likeness (QED) is 0.867. The molecular formula is C13H12N2O3. The zero-order valence-electron chi connectivity index (χ0n) is 9.75. The molecule has 2 N–H and O–H groups in total. The molecule has 0 unspecified atom stereocenters. The molecule has 0 atom stereocenters. The van der Waals surface area contributed by atoms with E-state index in [-0.39, 0.29) is 11.5 Å². The van der Waals surface area contributed by atoms with Crippen molar-refractivity contribution in [2.75, 3.05) is 11.9 Å². The van der Waals surface area contributed by atoms with Gasteiger partial charge in [0.2, 0.25) is 0 Å². The van der Waals surface area contributed by atoms with E-state index in [0.717, 1.165) is 5.69 Å². The highest BCUT2D eigenvalue weighted by molar-refractivity contribution is 6.06. The summed E-state index contributed by atoms with van der Waals surface area (Å²) >= 11 is 0. The Balaban J connectivity index is 2.21. The van der Waals surface area contributed by atoms with E-state index in [9.17, 15) is 9.59 Å². The Morgan fingerprint density at radius 2 is 1.72 bits per heavy atom. The minimum atomic E-state index is -1.01. The van der Waals surface area contributed by atoms with Crippen LogP contribution in [0.5, 0.6) is 0 Å². The molecule has 0 bridgehead atoms. The van der Waals surface area contributed by atoms with Crippen LogP contribution in [0.3, 0.4) is 0 Å². The van der Waals surface area contributed by atoms with Crippen LogP contribution in [-0.4, -0.2) is 29.0 Å². The fourth-order valence-corrected chi connectivity index (χ4v) is 1.59. The van der Waals surface area contributed by atoms with E-state index in [1.54, 1.807) is 25.5 Å². The topological polar surface area (TPSA) is 73.4 Å². The average molecular weight is 244 g/mol. The highest BCUT2D eigenvalue weighted by Gasteiger charge is 2.14. The SMILES string of the molecule is CN(C(=O)c1ccc(C(=O)O)cc1)c1cc[nH]c1. The van der Waals surface area contributed by atoms with E-state index in [2.05, 4.69) is 4.98 Å². The number of aromatic nitrogens is 1. The van der Waals surface area contributed by atoms with Gasteiger partial charge in [-0.3, -0.25) is 4.79 Å². The van der Waals surface area contributed by atoms with E-state index in [1.165, 1.54) is 29.2 Å². The van der Waals surface area contributed by atoms with Gasteiger partial charge in [-0.15, -0.1) is 0 Å². The summed E-state index contributed by atoms with van der Waals surface area (Å²) in [5.41, 5.74) is 1.36. The molecule has 92 valence electrons. The average Bonchev–Trinajstić information content (AvgIpc) is 2.91. The number of carboxylic acids is 1. The first-order chi connectivity index (χ1) is 8.59. The monoisotopic (exact) mass is 244 g/mol. The lowest BCUT2D eigenvalue weighted by molar-refractivity contribution is 0.0696. The van der Waals surface area contributed by atoms with Crippen molar-refractivity contribution in [2.45, 2.75) is 0 Å². The molecule has 0 aliphatic rings. The van der Waals surface area contributed by atoms with Crippen LogP contribution in [0, 0.1) is 0 Å². The second-order valence-corrected chi connectivity index (χ2v) is 3.82. The Morgan fingerprint density at radius 3 is 2.22 bits per heavy atom. The van der Waals surface area contributed by atoms with Gasteiger partial charge >= 0.3 is 5.97 Å². The predicted molar refractivity (Wildman–Crippen MR) is 66.9 cm³/mol. The van der Waals surface area contributed by atoms with Crippen molar-refractivity contribution in [2.24, 2.45) is 0 Å². The van der Waals surface area contributed by atoms with Crippen LogP contribution >= 0.6 is 0 Å². The maximum Gasteiger partial charge on any atom is 0.335 e. The molecule has 0 radical (unpaired) electrons. The number of hydrogen-bond donors (Lipinski definition) is 2. The number of benzene rings is 1. The van der Waals surface area contributed by atoms with Crippen molar-refractivity contribution in [3.05, 3.63) is 53.9 Å². The zero-order valence-corrected chi connectivity index (χ0v) is 9.75. The molecule has 1 aromatic heterocycles. The van der Waals surface area contributed by atoms with Gasteiger partial charge in [-0.2, -0.15) is 0 Å². The number of rotatable bonds is 3. The molecule has 1 amide bonds. The van der Waals surface area contributed by atoms with E-state index in [4.69, 9.17) is 5.11 Å². The van der Waals surface area contributed by atoms with Gasteiger partial charge in [0.1, 0.15) is 0 Å². The molecule has 1 heterocycles. The molecule has 18 heavy (non-hydrogen) atoms. The molecule has 0 aliphatic carbocycles. The highest BCUT2D eigenvalue weighted by atomic mass is 16.4. The number of aromatic carboxylic acids is 1. The third kappa shape index (κ3) is 2.24. The Labute approximate surface area is 104 Å². The normalized spacial score (nSPS) is 10.1. The summed E-state index contributed by atoms with van der Waals surface area (Å²) in [5.74, 6) is -1.19. The van der Waals surface area contributed by atoms with E-state index >= 15 is 0 Å². The summed E-state index contributed by atoms with van der Waals surface area (Å²) in [6.45, 7) is 0. The molecule has 0 saturated heterocycles. The lowest BCUT2D eigenvalue weighted by Gasteiger charge is -2.15. The first-order valence-corrected chi connectivity index (χ1v) is 5.34. The van der Waals surface area contributed by atoms with Crippen molar-refractivity contribution < 1.29 is 14.7 Å². The van der Waals surface area contributed by atoms with E-state index in [1.807, 2.05) is 0 Å². The molecule has 2 aromatic rings. The Bertz CT molecular complexity index is 558. The molecule has 0 saturated carbocycles. The standard InChI is InChI=1S/C13H12N2O3/c1-15(11-6-7-14-8-11)12(16)9-2-4-10(5-3-9)13(17)18/h2-8,14H,1H3,(H,17,18). The summed E-state index contributed by atoms with van der Waals surface area (Å²) in [6.07, 6.45) is 3.44. The van der Waals surface area contributed by atoms with Gasteiger partial charge in [-0.1, -0.05) is 0 Å². The molecule has 0 fully saturated rings. The second kappa shape index (κ2) is 4.75. The molecule has 2 rings (SSSR count). The Morgan fingerprint density at radius 1 is 1.11 bits per heavy atom. The number of H-pyrrole nitrogens is 1. The number of anilines is 1. The lowest BCUT2D eigenvalue weighted by atomic mass is 10.1. The van der Waals surface area contributed by atoms with E-state index < -0.39 is 5.97 Å². The third-order valence-electron chi connectivity index (χ3n) is 2.65. The fraction of sp³-hybridized carbons (Fsp3) is 0.0769. The largest absolute Gasteiger partial charge is 0.478 e. The van der Waals surface area contributed by atoms with Gasteiger partial charge in [0.25, 0.3) is 5.91 Å². The van der Waals surface area contributed by atoms with Crippen molar-refractivity contribution in [1.29, 1.82) is 0 Å². The number of aromatic amines is 1. The fourth-order valence-electron chi connectivity index (χ4n) is 1.59. The van der Waals surface area contributed by atoms with Crippen LogP contribution in [0.15, 0.2) is 42.7 Å². The number of hydrogen-bond acceptors (Lipinski definition) is 2. The van der Waals surface area contributed by atoms with Gasteiger partial charge in [-0.05, 0) is 30.3 Å². The van der Waals surface area contributed by atoms with Gasteiger partial charge < -0.3 is 15.0 Å². The number of nitrogens with one attached hydrogen (secondary N) is 1. The lowest BCUT2D eigenvalue weighted by Crippen LogP contribution is -2.25. The number of carbonyl (C=O) groups is 2. The van der Waals surface area contributed by atoms with Crippen molar-refractivity contribution >= 4 is 17.6 Å². The summed E-state index contributed by atoms with van der Waals surface area (Å²) in [7, 11) is 1.66. The summed E-state index contributed by atoms with van der Waals surface area (Å²) < 4.78 is 0. The molecule has 1 aromatic carbocycles. The second-order valence-electron chi connectivity index (χ2n) is 3.82. The van der Waals surface area contributed by atoms with Crippen LogP contribution in [0.4, 0.5) is 5.69 Å². The molecule has 5 nitrogen and oxygen atoms in total.